The summed E-state index contributed by atoms with van der Waals surface area (Å²) in [6, 6.07) is 3.05. The van der Waals surface area contributed by atoms with Crippen molar-refractivity contribution in [2.75, 3.05) is 0 Å². The average molecular weight is 353 g/mol. The van der Waals surface area contributed by atoms with E-state index in [1.165, 1.54) is 6.07 Å². The van der Waals surface area contributed by atoms with Crippen LogP contribution >= 0.6 is 39.0 Å². The molecule has 0 N–H and O–H groups in total. The van der Waals surface area contributed by atoms with E-state index in [4.69, 9.17) is 0 Å². The molecule has 1 aromatic heterocycles. The molecule has 2 rings (SSSR count). The highest BCUT2D eigenvalue weighted by atomic mass is 79.9. The standard InChI is InChI=1S/C9H3BrF2N2O2S2/c10-9-13-7(14(15)16)8(18-9)17-6-2-1-4(11)3-5(6)12/h1-3H. The summed E-state index contributed by atoms with van der Waals surface area (Å²) in [4.78, 5) is 13.9. The number of nitrogens with zero attached hydrogens (tertiary/aromatic N) is 2. The molecule has 1 heterocycles. The molecule has 0 unspecified atom stereocenters. The van der Waals surface area contributed by atoms with Gasteiger partial charge in [-0.05, 0) is 22.0 Å². The smallest absolute Gasteiger partial charge is 0.358 e. The number of rotatable bonds is 3. The Morgan fingerprint density at radius 3 is 2.78 bits per heavy atom. The van der Waals surface area contributed by atoms with E-state index in [1.54, 1.807) is 0 Å². The Morgan fingerprint density at radius 1 is 1.44 bits per heavy atom. The van der Waals surface area contributed by atoms with Gasteiger partial charge in [0.2, 0.25) is 0 Å². The fourth-order valence-electron chi connectivity index (χ4n) is 1.11. The van der Waals surface area contributed by atoms with E-state index in [1.807, 2.05) is 0 Å². The molecule has 0 saturated carbocycles. The summed E-state index contributed by atoms with van der Waals surface area (Å²) < 4.78 is 26.7. The highest BCUT2D eigenvalue weighted by molar-refractivity contribution is 9.11. The lowest BCUT2D eigenvalue weighted by Crippen LogP contribution is -1.90. The van der Waals surface area contributed by atoms with E-state index in [9.17, 15) is 18.9 Å². The third-order valence-corrected chi connectivity index (χ3v) is 4.53. The molecular weight excluding hydrogens is 350 g/mol. The number of thiazole rings is 1. The topological polar surface area (TPSA) is 56.0 Å². The van der Waals surface area contributed by atoms with E-state index >= 15 is 0 Å². The molecule has 18 heavy (non-hydrogen) atoms. The van der Waals surface area contributed by atoms with Gasteiger partial charge in [-0.3, -0.25) is 0 Å². The van der Waals surface area contributed by atoms with Crippen molar-refractivity contribution >= 4 is 44.8 Å². The summed E-state index contributed by atoms with van der Waals surface area (Å²) >= 11 is 4.89. The van der Waals surface area contributed by atoms with Crippen LogP contribution in [0.5, 0.6) is 0 Å². The van der Waals surface area contributed by atoms with Crippen molar-refractivity contribution in [1.82, 2.24) is 4.98 Å². The molecule has 9 heteroatoms. The predicted molar refractivity (Wildman–Crippen MR) is 66.9 cm³/mol. The molecule has 4 nitrogen and oxygen atoms in total. The summed E-state index contributed by atoms with van der Waals surface area (Å²) in [5.74, 6) is -1.81. The lowest BCUT2D eigenvalue weighted by atomic mass is 10.3. The largest absolute Gasteiger partial charge is 0.390 e. The Morgan fingerprint density at radius 2 is 2.17 bits per heavy atom. The van der Waals surface area contributed by atoms with Gasteiger partial charge >= 0.3 is 5.82 Å². The van der Waals surface area contributed by atoms with Crippen LogP contribution in [0.3, 0.4) is 0 Å². The van der Waals surface area contributed by atoms with Gasteiger partial charge in [0.15, 0.2) is 4.21 Å². The molecule has 0 amide bonds. The Kier molecular flexibility index (Phi) is 3.93. The first-order valence-corrected chi connectivity index (χ1v) is 6.83. The fourth-order valence-corrected chi connectivity index (χ4v) is 3.96. The summed E-state index contributed by atoms with van der Waals surface area (Å²) in [6.07, 6.45) is 0. The lowest BCUT2D eigenvalue weighted by Gasteiger charge is -2.00. The number of hydrogen-bond acceptors (Lipinski definition) is 5. The molecule has 0 radical (unpaired) electrons. The van der Waals surface area contributed by atoms with Gasteiger partial charge in [0, 0.05) is 26.9 Å². The SMILES string of the molecule is O=[N+]([O-])c1nc(Br)sc1Sc1ccc(F)cc1F. The summed E-state index contributed by atoms with van der Waals surface area (Å²) in [5, 5.41) is 10.7. The van der Waals surface area contributed by atoms with Crippen LogP contribution in [0, 0.1) is 21.7 Å². The summed E-state index contributed by atoms with van der Waals surface area (Å²) in [7, 11) is 0. The van der Waals surface area contributed by atoms with Crippen LogP contribution in [-0.4, -0.2) is 9.91 Å². The highest BCUT2D eigenvalue weighted by Crippen LogP contribution is 2.41. The molecule has 0 saturated heterocycles. The number of halogens is 3. The van der Waals surface area contributed by atoms with Crippen LogP contribution in [-0.2, 0) is 0 Å². The molecule has 0 aliphatic carbocycles. The molecule has 94 valence electrons. The van der Waals surface area contributed by atoms with Gasteiger partial charge in [0.25, 0.3) is 3.92 Å². The monoisotopic (exact) mass is 352 g/mol. The average Bonchev–Trinajstić information content (AvgIpc) is 2.64. The molecule has 1 aromatic carbocycles. The Labute approximate surface area is 116 Å². The molecular formula is C9H3BrF2N2O2S2. The third-order valence-electron chi connectivity index (χ3n) is 1.82. The van der Waals surface area contributed by atoms with Crippen LogP contribution in [0.15, 0.2) is 31.2 Å². The Hall–Kier alpha value is -1.06. The zero-order valence-corrected chi connectivity index (χ0v) is 11.6. The van der Waals surface area contributed by atoms with E-state index < -0.39 is 16.6 Å². The minimum atomic E-state index is -0.765. The minimum Gasteiger partial charge on any atom is -0.358 e. The lowest BCUT2D eigenvalue weighted by molar-refractivity contribution is -0.391. The zero-order chi connectivity index (χ0) is 13.3. The molecule has 0 fully saturated rings. The predicted octanol–water partition coefficient (Wildman–Crippen LogP) is 4.24. The van der Waals surface area contributed by atoms with Gasteiger partial charge in [0.1, 0.15) is 11.6 Å². The van der Waals surface area contributed by atoms with Crippen molar-refractivity contribution < 1.29 is 13.7 Å². The first-order chi connectivity index (χ1) is 8.47. The normalized spacial score (nSPS) is 10.6. The van der Waals surface area contributed by atoms with Gasteiger partial charge in [-0.1, -0.05) is 23.1 Å². The van der Waals surface area contributed by atoms with E-state index in [-0.39, 0.29) is 14.9 Å². The van der Waals surface area contributed by atoms with Crippen molar-refractivity contribution in [1.29, 1.82) is 0 Å². The number of benzene rings is 1. The zero-order valence-electron chi connectivity index (χ0n) is 8.39. The fraction of sp³-hybridized carbons (Fsp3) is 0. The van der Waals surface area contributed by atoms with Crippen molar-refractivity contribution in [3.05, 3.63) is 43.9 Å². The van der Waals surface area contributed by atoms with Gasteiger partial charge in [-0.2, -0.15) is 0 Å². The number of nitro groups is 1. The summed E-state index contributed by atoms with van der Waals surface area (Å²) in [5.41, 5.74) is 0. The van der Waals surface area contributed by atoms with Crippen molar-refractivity contribution in [3.63, 3.8) is 0 Å². The maximum atomic E-state index is 13.4. The molecule has 2 aromatic rings. The van der Waals surface area contributed by atoms with Gasteiger partial charge in [-0.25, -0.2) is 8.78 Å². The molecule has 0 spiro atoms. The maximum Gasteiger partial charge on any atom is 0.390 e. The summed E-state index contributed by atoms with van der Waals surface area (Å²) in [6.45, 7) is 0. The highest BCUT2D eigenvalue weighted by Gasteiger charge is 2.23. The van der Waals surface area contributed by atoms with E-state index in [0.717, 1.165) is 35.2 Å². The number of hydrogen-bond donors (Lipinski definition) is 0. The third kappa shape index (κ3) is 2.85. The quantitative estimate of drug-likeness (QED) is 0.612. The first-order valence-electron chi connectivity index (χ1n) is 4.41. The second-order valence-electron chi connectivity index (χ2n) is 3.01. The van der Waals surface area contributed by atoms with Gasteiger partial charge in [-0.15, -0.1) is 0 Å². The van der Waals surface area contributed by atoms with Crippen LogP contribution in [0.25, 0.3) is 0 Å². The Balaban J connectivity index is 2.36. The van der Waals surface area contributed by atoms with Gasteiger partial charge < -0.3 is 10.1 Å². The van der Waals surface area contributed by atoms with Crippen molar-refractivity contribution in [2.45, 2.75) is 9.10 Å². The molecule has 0 aliphatic rings. The van der Waals surface area contributed by atoms with Crippen LogP contribution < -0.4 is 0 Å². The maximum absolute atomic E-state index is 13.4. The molecule has 0 bridgehead atoms. The Bertz CT molecular complexity index is 621. The van der Waals surface area contributed by atoms with Crippen molar-refractivity contribution in [3.8, 4) is 0 Å². The van der Waals surface area contributed by atoms with E-state index in [0.29, 0.717) is 3.92 Å². The molecule has 0 atom stereocenters. The van der Waals surface area contributed by atoms with Crippen LogP contribution in [0.4, 0.5) is 14.6 Å². The second kappa shape index (κ2) is 5.29. The van der Waals surface area contributed by atoms with Gasteiger partial charge in [0.05, 0.1) is 0 Å². The van der Waals surface area contributed by atoms with Crippen molar-refractivity contribution in [2.24, 2.45) is 0 Å². The van der Waals surface area contributed by atoms with Crippen LogP contribution in [0.1, 0.15) is 0 Å². The minimum absolute atomic E-state index is 0.107. The number of aromatic nitrogens is 1. The van der Waals surface area contributed by atoms with Crippen LogP contribution in [0.2, 0.25) is 0 Å². The molecule has 0 aliphatic heterocycles. The first kappa shape index (κ1) is 13.4. The second-order valence-corrected chi connectivity index (χ2v) is 6.60. The van der Waals surface area contributed by atoms with E-state index in [2.05, 4.69) is 20.9 Å².